The molecule has 0 fully saturated rings. The van der Waals surface area contributed by atoms with Crippen LogP contribution in [0.15, 0.2) is 48.0 Å². The van der Waals surface area contributed by atoms with Gasteiger partial charge in [0.05, 0.1) is 6.33 Å². The maximum atomic E-state index is 4.40. The maximum absolute atomic E-state index is 4.40. The second-order valence-corrected chi connectivity index (χ2v) is 4.50. The first-order valence-corrected chi connectivity index (χ1v) is 6.51. The Balaban J connectivity index is 0.00000147. The minimum atomic E-state index is 0. The lowest BCUT2D eigenvalue weighted by molar-refractivity contribution is 0.702. The molecule has 6 heteroatoms. The van der Waals surface area contributed by atoms with Crippen LogP contribution in [0.5, 0.6) is 0 Å². The predicted octanol–water partition coefficient (Wildman–Crippen LogP) is 1.93. The lowest BCUT2D eigenvalue weighted by Crippen LogP contribution is -2.40. The molecule has 2 N–H and O–H groups in total. The minimum Gasteiger partial charge on any atom is -0.356 e. The molecule has 5 nitrogen and oxygen atoms in total. The van der Waals surface area contributed by atoms with Gasteiger partial charge in [-0.25, -0.2) is 4.98 Å². The average molecular weight is 383 g/mol. The van der Waals surface area contributed by atoms with Crippen molar-refractivity contribution >= 4 is 29.9 Å². The number of nitrogens with zero attached hydrogens (tertiary/aromatic N) is 3. The zero-order valence-corrected chi connectivity index (χ0v) is 13.5. The average Bonchev–Trinajstić information content (AvgIpc) is 3.01. The Morgan fingerprint density at radius 2 is 2.30 bits per heavy atom. The van der Waals surface area contributed by atoms with Gasteiger partial charge in [-0.3, -0.25) is 4.99 Å². The smallest absolute Gasteiger partial charge is 0.191 e. The first kappa shape index (κ1) is 14.8. The van der Waals surface area contributed by atoms with Gasteiger partial charge in [-0.05, 0) is 24.1 Å². The van der Waals surface area contributed by atoms with Crippen LogP contribution in [0.2, 0.25) is 0 Å². The van der Waals surface area contributed by atoms with E-state index in [1.165, 1.54) is 5.56 Å². The van der Waals surface area contributed by atoms with Crippen molar-refractivity contribution in [1.82, 2.24) is 20.2 Å². The Morgan fingerprint density at radius 1 is 1.35 bits per heavy atom. The van der Waals surface area contributed by atoms with Crippen LogP contribution in [0.3, 0.4) is 0 Å². The fraction of sp³-hybridized carbons (Fsp3) is 0.286. The molecule has 1 aromatic heterocycles. The molecule has 106 valence electrons. The molecule has 0 bridgehead atoms. The van der Waals surface area contributed by atoms with Gasteiger partial charge in [-0.15, -0.1) is 24.0 Å². The monoisotopic (exact) mass is 383 g/mol. The third kappa shape index (κ3) is 3.72. The summed E-state index contributed by atoms with van der Waals surface area (Å²) in [4.78, 5) is 8.46. The van der Waals surface area contributed by atoms with Crippen LogP contribution in [0.25, 0.3) is 5.69 Å². The highest BCUT2D eigenvalue weighted by Crippen LogP contribution is 2.10. The Bertz CT molecular complexity index is 565. The molecule has 0 radical (unpaired) electrons. The van der Waals surface area contributed by atoms with Crippen LogP contribution in [0.4, 0.5) is 0 Å². The van der Waals surface area contributed by atoms with Crippen LogP contribution in [-0.4, -0.2) is 28.6 Å². The van der Waals surface area contributed by atoms with Gasteiger partial charge in [0, 0.05) is 37.7 Å². The number of hydrogen-bond acceptors (Lipinski definition) is 4. The number of aromatic nitrogens is 2. The largest absolute Gasteiger partial charge is 0.356 e. The zero-order valence-electron chi connectivity index (χ0n) is 11.1. The molecule has 0 amide bonds. The summed E-state index contributed by atoms with van der Waals surface area (Å²) in [6.45, 7) is 2.68. The highest BCUT2D eigenvalue weighted by atomic mass is 127. The summed E-state index contributed by atoms with van der Waals surface area (Å²) in [5.41, 5.74) is 2.34. The second kappa shape index (κ2) is 7.28. The number of rotatable bonds is 3. The Morgan fingerprint density at radius 3 is 3.05 bits per heavy atom. The van der Waals surface area contributed by atoms with Crippen molar-refractivity contribution in [2.24, 2.45) is 4.99 Å². The molecule has 0 unspecified atom stereocenters. The van der Waals surface area contributed by atoms with Crippen LogP contribution in [0.1, 0.15) is 12.0 Å². The van der Waals surface area contributed by atoms with Crippen molar-refractivity contribution in [3.63, 3.8) is 0 Å². The van der Waals surface area contributed by atoms with E-state index in [1.54, 1.807) is 12.5 Å². The van der Waals surface area contributed by atoms with Gasteiger partial charge in [0.25, 0.3) is 0 Å². The molecule has 0 spiro atoms. The van der Waals surface area contributed by atoms with E-state index in [9.17, 15) is 0 Å². The number of halogens is 1. The van der Waals surface area contributed by atoms with Gasteiger partial charge >= 0.3 is 0 Å². The number of imidazole rings is 1. The lowest BCUT2D eigenvalue weighted by Gasteiger charge is -2.16. The van der Waals surface area contributed by atoms with Crippen molar-refractivity contribution in [1.29, 1.82) is 0 Å². The number of guanidine groups is 1. The van der Waals surface area contributed by atoms with E-state index in [1.807, 2.05) is 10.8 Å². The van der Waals surface area contributed by atoms with Crippen molar-refractivity contribution in [3.8, 4) is 5.69 Å². The van der Waals surface area contributed by atoms with Gasteiger partial charge in [-0.1, -0.05) is 12.1 Å². The highest BCUT2D eigenvalue weighted by Gasteiger charge is 2.03. The fourth-order valence-electron chi connectivity index (χ4n) is 2.08. The van der Waals surface area contributed by atoms with Gasteiger partial charge < -0.3 is 15.2 Å². The summed E-state index contributed by atoms with van der Waals surface area (Å²) in [7, 11) is 0. The van der Waals surface area contributed by atoms with E-state index in [-0.39, 0.29) is 24.0 Å². The molecule has 2 aromatic rings. The molecule has 1 aliphatic heterocycles. The van der Waals surface area contributed by atoms with Gasteiger partial charge in [0.15, 0.2) is 5.96 Å². The minimum absolute atomic E-state index is 0. The summed E-state index contributed by atoms with van der Waals surface area (Å²) in [5, 5.41) is 6.58. The lowest BCUT2D eigenvalue weighted by atomic mass is 10.2. The van der Waals surface area contributed by atoms with E-state index >= 15 is 0 Å². The van der Waals surface area contributed by atoms with E-state index in [0.717, 1.165) is 37.7 Å². The number of benzene rings is 1. The third-order valence-corrected chi connectivity index (χ3v) is 3.07. The van der Waals surface area contributed by atoms with Crippen LogP contribution in [-0.2, 0) is 6.54 Å². The molecule has 2 heterocycles. The second-order valence-electron chi connectivity index (χ2n) is 4.50. The molecule has 1 aromatic carbocycles. The van der Waals surface area contributed by atoms with Gasteiger partial charge in [-0.2, -0.15) is 0 Å². The summed E-state index contributed by atoms with van der Waals surface area (Å²) in [6, 6.07) is 8.39. The van der Waals surface area contributed by atoms with E-state index in [4.69, 9.17) is 0 Å². The number of hydrogen-bond donors (Lipinski definition) is 2. The molecule has 20 heavy (non-hydrogen) atoms. The van der Waals surface area contributed by atoms with Gasteiger partial charge in [0.2, 0.25) is 0 Å². The van der Waals surface area contributed by atoms with E-state index in [2.05, 4.69) is 44.9 Å². The van der Waals surface area contributed by atoms with Crippen molar-refractivity contribution < 1.29 is 0 Å². The standard InChI is InChI=1S/C14H17N5.HI/c1-3-12(10-18-14-16-5-2-6-17-14)9-13(4-1)19-8-7-15-11-19;/h1,3-4,7-9,11H,2,5-6,10H2,(H2,16,17,18);1H. The first-order valence-electron chi connectivity index (χ1n) is 6.51. The van der Waals surface area contributed by atoms with Crippen LogP contribution >= 0.6 is 24.0 Å². The van der Waals surface area contributed by atoms with Crippen LogP contribution < -0.4 is 10.6 Å². The predicted molar refractivity (Wildman–Crippen MR) is 90.7 cm³/mol. The number of aliphatic imine (C=N–C) groups is 1. The summed E-state index contributed by atoms with van der Waals surface area (Å²) in [5.74, 6) is 0.902. The topological polar surface area (TPSA) is 54.2 Å². The number of nitrogens with one attached hydrogen (secondary N) is 2. The maximum Gasteiger partial charge on any atom is 0.191 e. The Hall–Kier alpha value is -1.57. The molecule has 0 atom stereocenters. The summed E-state index contributed by atoms with van der Waals surface area (Å²) in [6.07, 6.45) is 6.64. The third-order valence-electron chi connectivity index (χ3n) is 3.07. The summed E-state index contributed by atoms with van der Waals surface area (Å²) >= 11 is 0. The normalized spacial score (nSPS) is 13.9. The van der Waals surface area contributed by atoms with E-state index in [0.29, 0.717) is 0 Å². The SMILES string of the molecule is I.c1cc(CNC2=NCCCN2)cc(-n2ccnc2)c1. The molecule has 3 rings (SSSR count). The van der Waals surface area contributed by atoms with Crippen LogP contribution in [0, 0.1) is 0 Å². The zero-order chi connectivity index (χ0) is 12.9. The van der Waals surface area contributed by atoms with E-state index < -0.39 is 0 Å². The first-order chi connectivity index (χ1) is 9.42. The molecular formula is C14H18IN5. The molecule has 0 saturated heterocycles. The van der Waals surface area contributed by atoms with Crippen molar-refractivity contribution in [2.75, 3.05) is 13.1 Å². The molecular weight excluding hydrogens is 365 g/mol. The molecule has 0 aliphatic carbocycles. The Kier molecular flexibility index (Phi) is 5.40. The van der Waals surface area contributed by atoms with Crippen molar-refractivity contribution in [3.05, 3.63) is 48.5 Å². The molecule has 0 saturated carbocycles. The highest BCUT2D eigenvalue weighted by molar-refractivity contribution is 14.0. The summed E-state index contributed by atoms with van der Waals surface area (Å²) < 4.78 is 2.00. The van der Waals surface area contributed by atoms with Crippen molar-refractivity contribution in [2.45, 2.75) is 13.0 Å². The quantitative estimate of drug-likeness (QED) is 0.797. The Labute approximate surface area is 135 Å². The fourth-order valence-corrected chi connectivity index (χ4v) is 2.08. The van der Waals surface area contributed by atoms with Gasteiger partial charge in [0.1, 0.15) is 0 Å². The molecule has 1 aliphatic rings.